The number of benzene rings is 2. The van der Waals surface area contributed by atoms with E-state index in [4.69, 9.17) is 0 Å². The second-order valence-corrected chi connectivity index (χ2v) is 5.73. The molecule has 124 valence electrons. The first-order valence-corrected chi connectivity index (χ1v) is 7.89. The number of aliphatic hydroxyl groups is 1. The van der Waals surface area contributed by atoms with Crippen molar-refractivity contribution in [2.75, 3.05) is 6.54 Å². The molecule has 3 aromatic rings. The van der Waals surface area contributed by atoms with Gasteiger partial charge in [-0.25, -0.2) is 9.37 Å². The molecular weight excluding hydrogens is 305 g/mol. The average Bonchev–Trinajstić information content (AvgIpc) is 3.14. The second-order valence-electron chi connectivity index (χ2n) is 5.73. The van der Waals surface area contributed by atoms with E-state index in [-0.39, 0.29) is 18.4 Å². The summed E-state index contributed by atoms with van der Waals surface area (Å²) in [5, 5.41) is 13.4. The third kappa shape index (κ3) is 3.69. The van der Waals surface area contributed by atoms with Crippen molar-refractivity contribution < 1.29 is 9.50 Å². The Morgan fingerprint density at radius 2 is 1.92 bits per heavy atom. The average molecular weight is 325 g/mol. The largest absolute Gasteiger partial charge is 0.387 e. The summed E-state index contributed by atoms with van der Waals surface area (Å²) in [7, 11) is 0. The maximum atomic E-state index is 13.7. The topological polar surface area (TPSA) is 50.1 Å². The number of aromatic nitrogens is 2. The van der Waals surface area contributed by atoms with E-state index in [1.54, 1.807) is 30.7 Å². The van der Waals surface area contributed by atoms with Crippen LogP contribution in [0.2, 0.25) is 0 Å². The molecule has 0 saturated heterocycles. The second kappa shape index (κ2) is 7.38. The van der Waals surface area contributed by atoms with Gasteiger partial charge in [0, 0.05) is 36.2 Å². The van der Waals surface area contributed by atoms with Crippen molar-refractivity contribution in [3.8, 4) is 5.69 Å². The summed E-state index contributed by atoms with van der Waals surface area (Å²) in [6.45, 7) is 2.30. The lowest BCUT2D eigenvalue weighted by molar-refractivity contribution is 0.166. The van der Waals surface area contributed by atoms with E-state index in [0.29, 0.717) is 5.56 Å². The molecule has 0 aliphatic heterocycles. The molecule has 2 N–H and O–H groups in total. The highest BCUT2D eigenvalue weighted by molar-refractivity contribution is 5.35. The number of imidazole rings is 1. The molecule has 3 rings (SSSR count). The van der Waals surface area contributed by atoms with Gasteiger partial charge in [0.25, 0.3) is 0 Å². The van der Waals surface area contributed by atoms with E-state index in [0.717, 1.165) is 11.3 Å². The summed E-state index contributed by atoms with van der Waals surface area (Å²) in [5.41, 5.74) is 2.45. The fourth-order valence-corrected chi connectivity index (χ4v) is 2.61. The predicted molar refractivity (Wildman–Crippen MR) is 91.3 cm³/mol. The normalized spacial score (nSPS) is 13.6. The molecule has 0 aliphatic carbocycles. The smallest absolute Gasteiger partial charge is 0.129 e. The maximum Gasteiger partial charge on any atom is 0.129 e. The first kappa shape index (κ1) is 16.4. The molecule has 24 heavy (non-hydrogen) atoms. The lowest BCUT2D eigenvalue weighted by Gasteiger charge is -2.18. The number of hydrogen-bond donors (Lipinski definition) is 2. The third-order valence-electron chi connectivity index (χ3n) is 4.08. The molecule has 1 aromatic heterocycles. The van der Waals surface area contributed by atoms with Gasteiger partial charge in [0.15, 0.2) is 0 Å². The molecule has 0 bridgehead atoms. The van der Waals surface area contributed by atoms with E-state index in [9.17, 15) is 9.50 Å². The molecule has 0 spiro atoms. The lowest BCUT2D eigenvalue weighted by atomic mass is 10.1. The van der Waals surface area contributed by atoms with Gasteiger partial charge >= 0.3 is 0 Å². The minimum atomic E-state index is -0.876. The molecule has 0 aliphatic rings. The molecule has 2 aromatic carbocycles. The summed E-state index contributed by atoms with van der Waals surface area (Å²) < 4.78 is 15.6. The number of hydrogen-bond acceptors (Lipinski definition) is 3. The number of nitrogens with one attached hydrogen (secondary N) is 1. The zero-order chi connectivity index (χ0) is 16.9. The highest BCUT2D eigenvalue weighted by atomic mass is 19.1. The zero-order valence-electron chi connectivity index (χ0n) is 13.4. The van der Waals surface area contributed by atoms with Gasteiger partial charge in [0.05, 0.1) is 12.4 Å². The van der Waals surface area contributed by atoms with Crippen LogP contribution in [0.25, 0.3) is 5.69 Å². The summed E-state index contributed by atoms with van der Waals surface area (Å²) in [4.78, 5) is 4.03. The fourth-order valence-electron chi connectivity index (χ4n) is 2.61. The molecule has 0 radical (unpaired) electrons. The molecule has 0 saturated carbocycles. The SMILES string of the molecule is C[C@@H](NC[C@H](O)c1ccccc1F)c1ccc(-n2ccnc2)cc1. The van der Waals surface area contributed by atoms with E-state index in [1.807, 2.05) is 42.0 Å². The van der Waals surface area contributed by atoms with Crippen molar-refractivity contribution in [1.29, 1.82) is 0 Å². The minimum absolute atomic E-state index is 0.0447. The number of halogens is 1. The van der Waals surface area contributed by atoms with Crippen LogP contribution in [0.5, 0.6) is 0 Å². The Morgan fingerprint density at radius 3 is 2.58 bits per heavy atom. The van der Waals surface area contributed by atoms with Gasteiger partial charge in [-0.2, -0.15) is 0 Å². The van der Waals surface area contributed by atoms with Crippen LogP contribution in [0.1, 0.15) is 30.2 Å². The van der Waals surface area contributed by atoms with Crippen molar-refractivity contribution in [3.63, 3.8) is 0 Å². The summed E-state index contributed by atoms with van der Waals surface area (Å²) >= 11 is 0. The van der Waals surface area contributed by atoms with Crippen molar-refractivity contribution >= 4 is 0 Å². The molecule has 0 unspecified atom stereocenters. The number of nitrogens with zero attached hydrogens (tertiary/aromatic N) is 2. The summed E-state index contributed by atoms with van der Waals surface area (Å²) in [6, 6.07) is 14.4. The van der Waals surface area contributed by atoms with Crippen LogP contribution in [0.3, 0.4) is 0 Å². The third-order valence-corrected chi connectivity index (χ3v) is 4.08. The van der Waals surface area contributed by atoms with Gasteiger partial charge in [0.1, 0.15) is 5.82 Å². The Morgan fingerprint density at radius 1 is 1.17 bits per heavy atom. The number of rotatable bonds is 6. The van der Waals surface area contributed by atoms with Crippen LogP contribution in [0.15, 0.2) is 67.3 Å². The van der Waals surface area contributed by atoms with Crippen LogP contribution in [0, 0.1) is 5.82 Å². The van der Waals surface area contributed by atoms with Crippen LogP contribution >= 0.6 is 0 Å². The van der Waals surface area contributed by atoms with Gasteiger partial charge < -0.3 is 15.0 Å². The lowest BCUT2D eigenvalue weighted by Crippen LogP contribution is -2.25. The van der Waals surface area contributed by atoms with Crippen LogP contribution in [0.4, 0.5) is 4.39 Å². The van der Waals surface area contributed by atoms with Crippen LogP contribution < -0.4 is 5.32 Å². The molecule has 5 heteroatoms. The monoisotopic (exact) mass is 325 g/mol. The van der Waals surface area contributed by atoms with Crippen molar-refractivity contribution in [1.82, 2.24) is 14.9 Å². The van der Waals surface area contributed by atoms with Crippen molar-refractivity contribution in [2.45, 2.75) is 19.1 Å². The minimum Gasteiger partial charge on any atom is -0.387 e. The molecule has 0 amide bonds. The molecular formula is C19H20FN3O. The Bertz CT molecular complexity index is 772. The van der Waals surface area contributed by atoms with E-state index in [1.165, 1.54) is 6.07 Å². The van der Waals surface area contributed by atoms with E-state index in [2.05, 4.69) is 10.3 Å². The van der Waals surface area contributed by atoms with Crippen molar-refractivity contribution in [3.05, 3.63) is 84.2 Å². The van der Waals surface area contributed by atoms with Gasteiger partial charge in [-0.05, 0) is 30.7 Å². The van der Waals surface area contributed by atoms with Gasteiger partial charge in [0.2, 0.25) is 0 Å². The van der Waals surface area contributed by atoms with Gasteiger partial charge in [-0.15, -0.1) is 0 Å². The van der Waals surface area contributed by atoms with Crippen LogP contribution in [-0.2, 0) is 0 Å². The standard InChI is InChI=1S/C19H20FN3O/c1-14(22-12-19(24)17-4-2-3-5-18(17)20)15-6-8-16(9-7-15)23-11-10-21-13-23/h2-11,13-14,19,22,24H,12H2,1H3/t14-,19+/m1/s1. The van der Waals surface area contributed by atoms with Gasteiger partial charge in [-0.1, -0.05) is 30.3 Å². The zero-order valence-corrected chi connectivity index (χ0v) is 13.4. The van der Waals surface area contributed by atoms with Crippen LogP contribution in [-0.4, -0.2) is 21.2 Å². The van der Waals surface area contributed by atoms with Gasteiger partial charge in [-0.3, -0.25) is 0 Å². The Balaban J connectivity index is 1.61. The molecule has 4 nitrogen and oxygen atoms in total. The fraction of sp³-hybridized carbons (Fsp3) is 0.211. The van der Waals surface area contributed by atoms with Crippen molar-refractivity contribution in [2.24, 2.45) is 0 Å². The van der Waals surface area contributed by atoms with E-state index < -0.39 is 6.10 Å². The first-order valence-electron chi connectivity index (χ1n) is 7.89. The number of aliphatic hydroxyl groups excluding tert-OH is 1. The highest BCUT2D eigenvalue weighted by Crippen LogP contribution is 2.19. The predicted octanol–water partition coefficient (Wildman–Crippen LogP) is 3.40. The summed E-state index contributed by atoms with van der Waals surface area (Å²) in [5.74, 6) is -0.385. The molecule has 1 heterocycles. The Kier molecular flexibility index (Phi) is 5.03. The first-order chi connectivity index (χ1) is 11.6. The molecule has 2 atom stereocenters. The van der Waals surface area contributed by atoms with E-state index >= 15 is 0 Å². The highest BCUT2D eigenvalue weighted by Gasteiger charge is 2.14. The molecule has 0 fully saturated rings. The summed E-state index contributed by atoms with van der Waals surface area (Å²) in [6.07, 6.45) is 4.50. The quantitative estimate of drug-likeness (QED) is 0.730. The Hall–Kier alpha value is -2.50. The maximum absolute atomic E-state index is 13.7. The Labute approximate surface area is 140 Å².